The van der Waals surface area contributed by atoms with Crippen molar-refractivity contribution in [1.82, 2.24) is 24.9 Å². The normalized spacial score (nSPS) is 10.6. The van der Waals surface area contributed by atoms with E-state index >= 15 is 0 Å². The molecule has 8 nitrogen and oxygen atoms in total. The minimum Gasteiger partial charge on any atom is -0.478 e. The van der Waals surface area contributed by atoms with E-state index < -0.39 is 5.97 Å². The van der Waals surface area contributed by atoms with Gasteiger partial charge in [0.1, 0.15) is 0 Å². The summed E-state index contributed by atoms with van der Waals surface area (Å²) in [6.07, 6.45) is 4.77. The van der Waals surface area contributed by atoms with Crippen LogP contribution in [0.4, 0.5) is 0 Å². The highest BCUT2D eigenvalue weighted by Crippen LogP contribution is 2.04. The lowest BCUT2D eigenvalue weighted by Crippen LogP contribution is -2.24. The van der Waals surface area contributed by atoms with E-state index in [9.17, 15) is 9.59 Å². The Morgan fingerprint density at radius 3 is 2.71 bits per heavy atom. The second-order valence-electron chi connectivity index (χ2n) is 4.74. The molecule has 0 aliphatic heterocycles. The largest absolute Gasteiger partial charge is 0.478 e. The standard InChI is InChI=1S/C13H17N5O3/c1-9-10(7-17(2)16-9)5-14-12(19)3-4-18-8-11(6-15-18)13(20)21/h6-8H,3-5H2,1-2H3,(H,14,19)(H,20,21). The minimum atomic E-state index is -1.03. The van der Waals surface area contributed by atoms with Gasteiger partial charge in [0.2, 0.25) is 5.91 Å². The van der Waals surface area contributed by atoms with Gasteiger partial charge in [-0.2, -0.15) is 10.2 Å². The van der Waals surface area contributed by atoms with Gasteiger partial charge in [0.25, 0.3) is 0 Å². The summed E-state index contributed by atoms with van der Waals surface area (Å²) in [5.41, 5.74) is 1.97. The fourth-order valence-electron chi connectivity index (χ4n) is 1.92. The molecular weight excluding hydrogens is 274 g/mol. The summed E-state index contributed by atoms with van der Waals surface area (Å²) in [5, 5.41) is 19.7. The summed E-state index contributed by atoms with van der Waals surface area (Å²) >= 11 is 0. The number of rotatable bonds is 6. The third kappa shape index (κ3) is 3.91. The van der Waals surface area contributed by atoms with Gasteiger partial charge in [-0.3, -0.25) is 14.2 Å². The van der Waals surface area contributed by atoms with E-state index in [2.05, 4.69) is 15.5 Å². The maximum absolute atomic E-state index is 11.8. The highest BCUT2D eigenvalue weighted by molar-refractivity contribution is 5.86. The molecule has 2 heterocycles. The molecule has 0 aliphatic rings. The highest BCUT2D eigenvalue weighted by Gasteiger charge is 2.08. The first-order chi connectivity index (χ1) is 9.95. The topological polar surface area (TPSA) is 102 Å². The summed E-state index contributed by atoms with van der Waals surface area (Å²) in [7, 11) is 1.83. The van der Waals surface area contributed by atoms with Crippen LogP contribution in [0.25, 0.3) is 0 Å². The van der Waals surface area contributed by atoms with Crippen molar-refractivity contribution in [2.75, 3.05) is 0 Å². The number of carboxylic acids is 1. The molecule has 1 amide bonds. The maximum Gasteiger partial charge on any atom is 0.338 e. The number of carbonyl (C=O) groups is 2. The predicted molar refractivity (Wildman–Crippen MR) is 73.6 cm³/mol. The lowest BCUT2D eigenvalue weighted by Gasteiger charge is -2.04. The van der Waals surface area contributed by atoms with Gasteiger partial charge in [0.05, 0.1) is 17.5 Å². The number of aryl methyl sites for hydroxylation is 3. The number of nitrogens with zero attached hydrogens (tertiary/aromatic N) is 4. The SMILES string of the molecule is Cc1nn(C)cc1CNC(=O)CCn1cc(C(=O)O)cn1. The Labute approximate surface area is 121 Å². The second kappa shape index (κ2) is 6.21. The average Bonchev–Trinajstić information content (AvgIpc) is 3.01. The molecule has 0 bridgehead atoms. The van der Waals surface area contributed by atoms with Crippen molar-refractivity contribution in [1.29, 1.82) is 0 Å². The Morgan fingerprint density at radius 2 is 2.14 bits per heavy atom. The van der Waals surface area contributed by atoms with E-state index in [0.717, 1.165) is 11.3 Å². The van der Waals surface area contributed by atoms with Gasteiger partial charge in [-0.05, 0) is 6.92 Å². The van der Waals surface area contributed by atoms with Crippen LogP contribution in [0.3, 0.4) is 0 Å². The quantitative estimate of drug-likeness (QED) is 0.798. The van der Waals surface area contributed by atoms with E-state index in [4.69, 9.17) is 5.11 Å². The summed E-state index contributed by atoms with van der Waals surface area (Å²) in [4.78, 5) is 22.5. The molecule has 0 unspecified atom stereocenters. The smallest absolute Gasteiger partial charge is 0.338 e. The van der Waals surface area contributed by atoms with E-state index in [1.54, 1.807) is 4.68 Å². The molecule has 0 spiro atoms. The Morgan fingerprint density at radius 1 is 1.38 bits per heavy atom. The molecule has 2 N–H and O–H groups in total. The Balaban J connectivity index is 1.79. The number of carbonyl (C=O) groups excluding carboxylic acids is 1. The molecule has 21 heavy (non-hydrogen) atoms. The Kier molecular flexibility index (Phi) is 4.36. The first kappa shape index (κ1) is 14.8. The van der Waals surface area contributed by atoms with Crippen LogP contribution in [-0.2, 0) is 24.9 Å². The van der Waals surface area contributed by atoms with Gasteiger partial charge in [-0.15, -0.1) is 0 Å². The molecule has 0 aliphatic carbocycles. The lowest BCUT2D eigenvalue weighted by atomic mass is 10.2. The first-order valence-electron chi connectivity index (χ1n) is 6.47. The number of aromatic carboxylic acids is 1. The van der Waals surface area contributed by atoms with Crippen molar-refractivity contribution in [3.63, 3.8) is 0 Å². The van der Waals surface area contributed by atoms with Crippen LogP contribution in [0.5, 0.6) is 0 Å². The van der Waals surface area contributed by atoms with E-state index in [1.165, 1.54) is 17.1 Å². The third-order valence-corrected chi connectivity index (χ3v) is 3.04. The summed E-state index contributed by atoms with van der Waals surface area (Å²) in [6.45, 7) is 2.65. The number of aromatic nitrogens is 4. The molecule has 112 valence electrons. The van der Waals surface area contributed by atoms with Crippen molar-refractivity contribution >= 4 is 11.9 Å². The first-order valence-corrected chi connectivity index (χ1v) is 6.47. The van der Waals surface area contributed by atoms with Gasteiger partial charge >= 0.3 is 5.97 Å². The number of carboxylic acid groups (broad SMARTS) is 1. The molecule has 0 fully saturated rings. The van der Waals surface area contributed by atoms with Gasteiger partial charge in [-0.25, -0.2) is 4.79 Å². The Bertz CT molecular complexity index is 659. The van der Waals surface area contributed by atoms with Gasteiger partial charge < -0.3 is 10.4 Å². The summed E-state index contributed by atoms with van der Waals surface area (Å²) in [6, 6.07) is 0. The number of hydrogen-bond donors (Lipinski definition) is 2. The van der Waals surface area contributed by atoms with Crippen molar-refractivity contribution in [3.8, 4) is 0 Å². The van der Waals surface area contributed by atoms with Crippen LogP contribution in [0, 0.1) is 6.92 Å². The zero-order valence-corrected chi connectivity index (χ0v) is 11.9. The predicted octanol–water partition coefficient (Wildman–Crippen LogP) is 0.330. The van der Waals surface area contributed by atoms with Crippen LogP contribution in [0.2, 0.25) is 0 Å². The molecule has 0 saturated heterocycles. The van der Waals surface area contributed by atoms with Crippen molar-refractivity contribution in [2.24, 2.45) is 7.05 Å². The molecule has 0 aromatic carbocycles. The zero-order valence-electron chi connectivity index (χ0n) is 11.9. The van der Waals surface area contributed by atoms with Gasteiger partial charge in [-0.1, -0.05) is 0 Å². The van der Waals surface area contributed by atoms with Crippen LogP contribution in [0.1, 0.15) is 28.0 Å². The Hall–Kier alpha value is -2.64. The van der Waals surface area contributed by atoms with E-state index in [0.29, 0.717) is 13.1 Å². The molecule has 2 aromatic rings. The van der Waals surface area contributed by atoms with Crippen LogP contribution in [0.15, 0.2) is 18.6 Å². The third-order valence-electron chi connectivity index (χ3n) is 3.04. The monoisotopic (exact) mass is 291 g/mol. The molecule has 2 rings (SSSR count). The van der Waals surface area contributed by atoms with Crippen molar-refractivity contribution < 1.29 is 14.7 Å². The molecule has 0 saturated carbocycles. The summed E-state index contributed by atoms with van der Waals surface area (Å²) in [5.74, 6) is -1.15. The molecule has 2 aromatic heterocycles. The van der Waals surface area contributed by atoms with Crippen molar-refractivity contribution in [3.05, 3.63) is 35.4 Å². The average molecular weight is 291 g/mol. The minimum absolute atomic E-state index is 0.112. The zero-order chi connectivity index (χ0) is 15.4. The lowest BCUT2D eigenvalue weighted by molar-refractivity contribution is -0.121. The number of nitrogens with one attached hydrogen (secondary N) is 1. The fraction of sp³-hybridized carbons (Fsp3) is 0.385. The highest BCUT2D eigenvalue weighted by atomic mass is 16.4. The van der Waals surface area contributed by atoms with E-state index in [1.807, 2.05) is 20.2 Å². The van der Waals surface area contributed by atoms with Crippen molar-refractivity contribution in [2.45, 2.75) is 26.4 Å². The summed E-state index contributed by atoms with van der Waals surface area (Å²) < 4.78 is 3.15. The second-order valence-corrected chi connectivity index (χ2v) is 4.74. The van der Waals surface area contributed by atoms with Crippen LogP contribution >= 0.6 is 0 Å². The fourth-order valence-corrected chi connectivity index (χ4v) is 1.92. The van der Waals surface area contributed by atoms with Crippen LogP contribution in [-0.4, -0.2) is 36.5 Å². The van der Waals surface area contributed by atoms with Gasteiger partial charge in [0, 0.05) is 44.5 Å². The number of amides is 1. The maximum atomic E-state index is 11.8. The van der Waals surface area contributed by atoms with Crippen LogP contribution < -0.4 is 5.32 Å². The molecular formula is C13H17N5O3. The molecule has 0 radical (unpaired) electrons. The van der Waals surface area contributed by atoms with E-state index in [-0.39, 0.29) is 17.9 Å². The molecule has 8 heteroatoms. The number of hydrogen-bond acceptors (Lipinski definition) is 4. The van der Waals surface area contributed by atoms with Gasteiger partial charge in [0.15, 0.2) is 0 Å². The molecule has 0 atom stereocenters.